The largest absolute Gasteiger partial charge is 0.464 e. The lowest BCUT2D eigenvalue weighted by Gasteiger charge is -2.39. The maximum atomic E-state index is 13.7. The summed E-state index contributed by atoms with van der Waals surface area (Å²) in [5.41, 5.74) is -6.58. The molecule has 2 atom stereocenters. The zero-order valence-electron chi connectivity index (χ0n) is 11.4. The van der Waals surface area contributed by atoms with Crippen molar-refractivity contribution in [3.8, 4) is 0 Å². The summed E-state index contributed by atoms with van der Waals surface area (Å²) >= 11 is 0. The molecule has 24 heavy (non-hydrogen) atoms. The number of carbonyl (C=O) groups excluding carboxylic acids is 1. The van der Waals surface area contributed by atoms with Crippen LogP contribution in [-0.4, -0.2) is 53.7 Å². The Kier molecular flexibility index (Phi) is 6.15. The molecule has 0 saturated carbocycles. The number of carbonyl (C=O) groups is 1. The van der Waals surface area contributed by atoms with E-state index >= 15 is 0 Å². The number of esters is 1. The third-order valence-electron chi connectivity index (χ3n) is 2.73. The van der Waals surface area contributed by atoms with Gasteiger partial charge in [0.25, 0.3) is 5.67 Å². The summed E-state index contributed by atoms with van der Waals surface area (Å²) in [7, 11) is 0. The monoisotopic (exact) mass is 386 g/mol. The zero-order chi connectivity index (χ0) is 19.8. The maximum Gasteiger partial charge on any atom is 0.460 e. The number of halogens is 11. The molecule has 0 fully saturated rings. The minimum absolute atomic E-state index is 0.629. The van der Waals surface area contributed by atoms with Gasteiger partial charge in [0.15, 0.2) is 6.10 Å². The van der Waals surface area contributed by atoms with E-state index in [0.717, 1.165) is 6.92 Å². The molecule has 0 aliphatic carbocycles. The van der Waals surface area contributed by atoms with Crippen LogP contribution in [0.5, 0.6) is 0 Å². The number of rotatable bonds is 6. The number of hydrogen-bond acceptors (Lipinski definition) is 3. The van der Waals surface area contributed by atoms with Crippen LogP contribution >= 0.6 is 0 Å². The molecule has 0 aliphatic heterocycles. The van der Waals surface area contributed by atoms with E-state index in [1.54, 1.807) is 0 Å². The van der Waals surface area contributed by atoms with Gasteiger partial charge in [0.2, 0.25) is 0 Å². The van der Waals surface area contributed by atoms with E-state index in [-0.39, 0.29) is 0 Å². The summed E-state index contributed by atoms with van der Waals surface area (Å²) in [6.07, 6.45) is -20.7. The summed E-state index contributed by atoms with van der Waals surface area (Å²) in [6, 6.07) is 0. The number of aliphatic hydroxyl groups excluding tert-OH is 1. The van der Waals surface area contributed by atoms with E-state index in [9.17, 15) is 53.1 Å². The molecule has 0 aromatic carbocycles. The molecular formula is C10H9F11O3. The molecule has 0 aromatic heterocycles. The van der Waals surface area contributed by atoms with Gasteiger partial charge in [0, 0.05) is 6.42 Å². The van der Waals surface area contributed by atoms with Gasteiger partial charge in [-0.25, -0.2) is 9.18 Å². The van der Waals surface area contributed by atoms with Crippen molar-refractivity contribution in [1.29, 1.82) is 0 Å². The first kappa shape index (κ1) is 22.7. The van der Waals surface area contributed by atoms with Gasteiger partial charge in [-0.3, -0.25) is 0 Å². The summed E-state index contributed by atoms with van der Waals surface area (Å²) < 4.78 is 143. The molecule has 3 nitrogen and oxygen atoms in total. The van der Waals surface area contributed by atoms with Crippen LogP contribution in [0.4, 0.5) is 48.3 Å². The topological polar surface area (TPSA) is 46.5 Å². The molecule has 0 spiro atoms. The highest BCUT2D eigenvalue weighted by Gasteiger charge is 2.86. The first-order chi connectivity index (χ1) is 10.4. The molecule has 2 unspecified atom stereocenters. The molecule has 0 bridgehead atoms. The summed E-state index contributed by atoms with van der Waals surface area (Å²) in [5.74, 6) is -16.9. The van der Waals surface area contributed by atoms with Crippen molar-refractivity contribution in [2.45, 2.75) is 49.3 Å². The van der Waals surface area contributed by atoms with E-state index in [1.165, 1.54) is 0 Å². The lowest BCUT2D eigenvalue weighted by atomic mass is 9.86. The van der Waals surface area contributed by atoms with Crippen LogP contribution in [0.25, 0.3) is 0 Å². The first-order valence-corrected chi connectivity index (χ1v) is 5.79. The second-order valence-electron chi connectivity index (χ2n) is 4.42. The van der Waals surface area contributed by atoms with Gasteiger partial charge in [-0.15, -0.1) is 0 Å². The van der Waals surface area contributed by atoms with Crippen molar-refractivity contribution in [3.05, 3.63) is 0 Å². The lowest BCUT2D eigenvalue weighted by Crippen LogP contribution is -2.68. The van der Waals surface area contributed by atoms with Crippen LogP contribution in [0.3, 0.4) is 0 Å². The van der Waals surface area contributed by atoms with Crippen LogP contribution in [-0.2, 0) is 9.53 Å². The molecular weight excluding hydrogens is 377 g/mol. The van der Waals surface area contributed by atoms with Crippen molar-refractivity contribution in [2.75, 3.05) is 6.61 Å². The Balaban J connectivity index is 6.07. The van der Waals surface area contributed by atoms with E-state index in [4.69, 9.17) is 5.11 Å². The highest BCUT2D eigenvalue weighted by atomic mass is 19.4. The highest BCUT2D eigenvalue weighted by molar-refractivity contribution is 5.74. The van der Waals surface area contributed by atoms with Crippen molar-refractivity contribution in [3.63, 3.8) is 0 Å². The first-order valence-electron chi connectivity index (χ1n) is 5.79. The fourth-order valence-electron chi connectivity index (χ4n) is 1.44. The quantitative estimate of drug-likeness (QED) is 0.562. The maximum absolute atomic E-state index is 13.7. The Morgan fingerprint density at radius 1 is 0.875 bits per heavy atom. The Labute approximate surface area is 126 Å². The van der Waals surface area contributed by atoms with Crippen LogP contribution in [0.1, 0.15) is 13.3 Å². The van der Waals surface area contributed by atoms with Crippen molar-refractivity contribution < 1.29 is 62.9 Å². The SMILES string of the molecule is CCOC(=O)C(O)CC(F)(C(F)(F)F)C(F)(F)C(F)(F)C(F)(F)F. The van der Waals surface area contributed by atoms with Gasteiger partial charge in [0.05, 0.1) is 6.61 Å². The predicted octanol–water partition coefficient (Wildman–Crippen LogP) is 3.40. The second kappa shape index (κ2) is 6.52. The number of alkyl halides is 11. The molecule has 0 saturated heterocycles. The number of ether oxygens (including phenoxy) is 1. The average Bonchev–Trinajstić information content (AvgIpc) is 2.35. The Morgan fingerprint density at radius 2 is 1.29 bits per heavy atom. The van der Waals surface area contributed by atoms with Crippen LogP contribution in [0.15, 0.2) is 0 Å². The summed E-state index contributed by atoms with van der Waals surface area (Å²) in [6.45, 7) is 0.403. The molecule has 14 heteroatoms. The minimum atomic E-state index is -7.45. The van der Waals surface area contributed by atoms with Crippen LogP contribution in [0, 0.1) is 0 Å². The predicted molar refractivity (Wildman–Crippen MR) is 53.1 cm³/mol. The fraction of sp³-hybridized carbons (Fsp3) is 0.900. The molecule has 0 aliphatic rings. The lowest BCUT2D eigenvalue weighted by molar-refractivity contribution is -0.413. The van der Waals surface area contributed by atoms with Gasteiger partial charge in [-0.05, 0) is 6.92 Å². The highest BCUT2D eigenvalue weighted by Crippen LogP contribution is 2.58. The molecule has 1 N–H and O–H groups in total. The molecule has 0 heterocycles. The zero-order valence-corrected chi connectivity index (χ0v) is 11.4. The van der Waals surface area contributed by atoms with Crippen LogP contribution < -0.4 is 0 Å². The number of aliphatic hydroxyl groups is 1. The van der Waals surface area contributed by atoms with Crippen molar-refractivity contribution >= 4 is 5.97 Å². The fourth-order valence-corrected chi connectivity index (χ4v) is 1.44. The van der Waals surface area contributed by atoms with Crippen LogP contribution in [0.2, 0.25) is 0 Å². The third kappa shape index (κ3) is 3.67. The average molecular weight is 386 g/mol. The Bertz CT molecular complexity index is 456. The van der Waals surface area contributed by atoms with Gasteiger partial charge in [-0.1, -0.05) is 0 Å². The van der Waals surface area contributed by atoms with Gasteiger partial charge < -0.3 is 9.84 Å². The summed E-state index contributed by atoms with van der Waals surface area (Å²) in [4.78, 5) is 10.9. The molecule has 0 rings (SSSR count). The normalized spacial score (nSPS) is 18.0. The number of hydrogen-bond donors (Lipinski definition) is 1. The minimum Gasteiger partial charge on any atom is -0.464 e. The molecule has 0 radical (unpaired) electrons. The van der Waals surface area contributed by atoms with Gasteiger partial charge in [-0.2, -0.15) is 43.9 Å². The smallest absolute Gasteiger partial charge is 0.460 e. The second-order valence-corrected chi connectivity index (χ2v) is 4.42. The Morgan fingerprint density at radius 3 is 1.58 bits per heavy atom. The van der Waals surface area contributed by atoms with Gasteiger partial charge >= 0.3 is 30.2 Å². The van der Waals surface area contributed by atoms with E-state index in [1.807, 2.05) is 0 Å². The van der Waals surface area contributed by atoms with Crippen molar-refractivity contribution in [1.82, 2.24) is 0 Å². The van der Waals surface area contributed by atoms with E-state index < -0.39 is 55.0 Å². The van der Waals surface area contributed by atoms with E-state index in [0.29, 0.717) is 0 Å². The molecule has 144 valence electrons. The molecule has 0 aromatic rings. The third-order valence-corrected chi connectivity index (χ3v) is 2.73. The van der Waals surface area contributed by atoms with E-state index in [2.05, 4.69) is 4.74 Å². The van der Waals surface area contributed by atoms with Gasteiger partial charge in [0.1, 0.15) is 0 Å². The van der Waals surface area contributed by atoms with Crippen molar-refractivity contribution in [2.24, 2.45) is 0 Å². The standard InChI is InChI=1S/C10H9F11O3/c1-2-24-5(23)4(22)3-6(11,9(16,17)18)7(12,13)8(14,15)10(19,20)21/h4,22H,2-3H2,1H3. The molecule has 0 amide bonds. The Hall–Kier alpha value is -1.34. The summed E-state index contributed by atoms with van der Waals surface area (Å²) in [5, 5.41) is 8.91.